The van der Waals surface area contributed by atoms with Crippen molar-refractivity contribution in [3.05, 3.63) is 101 Å². The molecular formula is C60H78N12O6S. The lowest BCUT2D eigenvalue weighted by Crippen LogP contribution is -2.52. The lowest BCUT2D eigenvalue weighted by atomic mass is 9.80. The number of aromatic hydroxyl groups is 1. The zero-order chi connectivity index (χ0) is 54.9. The zero-order valence-electron chi connectivity index (χ0n) is 46.4. The van der Waals surface area contributed by atoms with Crippen LogP contribution in [0.15, 0.2) is 83.1 Å². The highest BCUT2D eigenvalue weighted by Crippen LogP contribution is 2.39. The molecule has 8 heterocycles. The van der Waals surface area contributed by atoms with Gasteiger partial charge < -0.3 is 50.1 Å². The molecule has 18 nitrogen and oxygen atoms in total. The van der Waals surface area contributed by atoms with Gasteiger partial charge in [-0.15, -0.1) is 21.5 Å². The highest BCUT2D eigenvalue weighted by molar-refractivity contribution is 7.13. The number of thiazole rings is 1. The average Bonchev–Trinajstić information content (AvgIpc) is 4.35. The second-order valence-electron chi connectivity index (χ2n) is 23.5. The number of carbonyl (C=O) groups excluding carboxylic acids is 2. The van der Waals surface area contributed by atoms with E-state index in [1.165, 1.54) is 5.56 Å². The van der Waals surface area contributed by atoms with Crippen molar-refractivity contribution >= 4 is 34.8 Å². The van der Waals surface area contributed by atoms with E-state index in [2.05, 4.69) is 58.6 Å². The maximum atomic E-state index is 14.4. The number of phenolic OH excluding ortho intramolecular Hbond substituents is 1. The first-order chi connectivity index (χ1) is 38.2. The normalized spacial score (nSPS) is 23.2. The number of phenols is 1. The van der Waals surface area contributed by atoms with Gasteiger partial charge in [0, 0.05) is 69.6 Å². The second-order valence-corrected chi connectivity index (χ2v) is 24.4. The van der Waals surface area contributed by atoms with Gasteiger partial charge in [-0.1, -0.05) is 62.3 Å². The number of aliphatic hydroxyl groups is 1. The molecule has 5 aliphatic rings. The summed E-state index contributed by atoms with van der Waals surface area (Å²) in [6.07, 6.45) is 13.0. The Labute approximate surface area is 467 Å². The van der Waals surface area contributed by atoms with Gasteiger partial charge in [-0.25, -0.2) is 9.67 Å². The highest BCUT2D eigenvalue weighted by atomic mass is 32.1. The maximum absolute atomic E-state index is 14.4. The summed E-state index contributed by atoms with van der Waals surface area (Å²) >= 11 is 1.60. The first-order valence-corrected chi connectivity index (χ1v) is 29.7. The number of nitrogens with zero attached hydrogens (tertiary/aromatic N) is 10. The van der Waals surface area contributed by atoms with Gasteiger partial charge in [-0.2, -0.15) is 5.10 Å². The SMILES string of the molecule is Cc1ncsc1-c1ccc([C@H](C)NC(=O)[C@@H]2C[C@@H](O)CN2C(=O)[C@@H](c2cc(N3CCC(CN4CCC(OC5CC(N6CCC([C@H](C)c7cnn(-c8cc(-c9ccccc9O)nnc8N)c7)CC6)C5)CC4)CC3)no2)C(C)C)cc1. The third-order valence-electron chi connectivity index (χ3n) is 18.0. The summed E-state index contributed by atoms with van der Waals surface area (Å²) in [7, 11) is 0. The number of aliphatic hydroxyl groups excluding tert-OH is 1. The largest absolute Gasteiger partial charge is 0.507 e. The molecule has 5 fully saturated rings. The van der Waals surface area contributed by atoms with Crippen LogP contribution in [0.2, 0.25) is 0 Å². The number of aromatic nitrogens is 6. The molecular weight excluding hydrogens is 1020 g/mol. The zero-order valence-corrected chi connectivity index (χ0v) is 47.2. The van der Waals surface area contributed by atoms with Crippen LogP contribution in [0, 0.1) is 24.7 Å². The average molecular weight is 1100 g/mol. The molecule has 4 aromatic heterocycles. The van der Waals surface area contributed by atoms with Gasteiger partial charge >= 0.3 is 0 Å². The van der Waals surface area contributed by atoms with Crippen molar-refractivity contribution in [1.82, 2.24) is 50.1 Å². The second kappa shape index (κ2) is 23.8. The minimum atomic E-state index is -0.797. The number of hydrogen-bond acceptors (Lipinski definition) is 16. The number of likely N-dealkylation sites (tertiary alicyclic amines) is 3. The standard InChI is InChI=1S/C60H78N12O6S/c1-36(2)56(60(76)71-34-46(73)28-52(71)59(75)64-38(4)42-10-12-43(13-11-42)57-39(5)62-35-79-57)54-30-55(67-78-54)70-22-14-40(15-23-70)32-68-20-18-47(19-21-68)77-48-26-45(27-48)69-24-16-41(17-25-69)37(3)44-31-63-72(33-44)51-29-50(65-66-58(51)61)49-8-6-7-9-53(49)74/h6-13,29-31,33,35-38,40-41,45-48,52,56,73-74H,14-28,32,34H2,1-5H3,(H2,61,66)(H,64,75)/t37-,38-,45?,46+,48?,52-,56+/m0/s1. The monoisotopic (exact) mass is 1090 g/mol. The molecule has 1 saturated carbocycles. The highest BCUT2D eigenvalue weighted by Gasteiger charge is 2.44. The molecule has 11 rings (SSSR count). The van der Waals surface area contributed by atoms with Crippen LogP contribution in [0.5, 0.6) is 5.75 Å². The summed E-state index contributed by atoms with van der Waals surface area (Å²) in [6, 6.07) is 18.5. The Balaban J connectivity index is 0.586. The number of nitrogens with two attached hydrogens (primary N) is 1. The molecule has 0 unspecified atom stereocenters. The van der Waals surface area contributed by atoms with Crippen LogP contribution in [0.3, 0.4) is 0 Å². The third-order valence-corrected chi connectivity index (χ3v) is 19.0. The van der Waals surface area contributed by atoms with E-state index < -0.39 is 18.1 Å². The van der Waals surface area contributed by atoms with Crippen LogP contribution in [-0.4, -0.2) is 150 Å². The van der Waals surface area contributed by atoms with Crippen LogP contribution >= 0.6 is 11.3 Å². The number of rotatable bonds is 17. The van der Waals surface area contributed by atoms with Crippen molar-refractivity contribution in [3.63, 3.8) is 0 Å². The topological polar surface area (TPSA) is 217 Å². The van der Waals surface area contributed by atoms with E-state index in [1.807, 2.05) is 87.9 Å². The number of piperidine rings is 3. The van der Waals surface area contributed by atoms with Crippen molar-refractivity contribution in [1.29, 1.82) is 0 Å². The molecule has 6 aromatic rings. The van der Waals surface area contributed by atoms with Gasteiger partial charge in [-0.05, 0) is 137 Å². The van der Waals surface area contributed by atoms with Crippen LogP contribution in [-0.2, 0) is 14.3 Å². The van der Waals surface area contributed by atoms with Crippen LogP contribution in [0.1, 0.15) is 126 Å². The fraction of sp³-hybridized carbons (Fsp3) is 0.550. The molecule has 0 spiro atoms. The minimum absolute atomic E-state index is 0.0905. The fourth-order valence-corrected chi connectivity index (χ4v) is 13.8. The van der Waals surface area contributed by atoms with Crippen molar-refractivity contribution in [2.75, 3.05) is 63.0 Å². The Hall–Kier alpha value is -6.25. The third kappa shape index (κ3) is 12.1. The first-order valence-electron chi connectivity index (χ1n) is 28.8. The van der Waals surface area contributed by atoms with Crippen LogP contribution < -0.4 is 16.0 Å². The van der Waals surface area contributed by atoms with Crippen molar-refractivity contribution in [2.24, 2.45) is 17.8 Å². The first kappa shape index (κ1) is 54.7. The maximum Gasteiger partial charge on any atom is 0.243 e. The van der Waals surface area contributed by atoms with E-state index >= 15 is 0 Å². The predicted octanol–water partition coefficient (Wildman–Crippen LogP) is 8.36. The molecule has 0 bridgehead atoms. The molecule has 0 radical (unpaired) electrons. The van der Waals surface area contributed by atoms with Gasteiger partial charge in [-0.3, -0.25) is 9.59 Å². The molecule has 420 valence electrons. The van der Waals surface area contributed by atoms with E-state index in [4.69, 9.17) is 15.0 Å². The van der Waals surface area contributed by atoms with Gasteiger partial charge in [0.15, 0.2) is 17.4 Å². The van der Waals surface area contributed by atoms with E-state index in [1.54, 1.807) is 33.1 Å². The molecule has 5 atom stereocenters. The van der Waals surface area contributed by atoms with E-state index in [0.29, 0.717) is 58.7 Å². The van der Waals surface area contributed by atoms with Crippen molar-refractivity contribution in [3.8, 4) is 33.1 Å². The van der Waals surface area contributed by atoms with Crippen LogP contribution in [0.4, 0.5) is 11.6 Å². The number of carbonyl (C=O) groups is 2. The van der Waals surface area contributed by atoms with E-state index in [0.717, 1.165) is 125 Å². The summed E-state index contributed by atoms with van der Waals surface area (Å²) in [5.74, 6) is 1.94. The van der Waals surface area contributed by atoms with Gasteiger partial charge in [0.05, 0.1) is 52.3 Å². The minimum Gasteiger partial charge on any atom is -0.507 e. The Bertz CT molecular complexity index is 3020. The molecule has 19 heteroatoms. The van der Waals surface area contributed by atoms with Crippen LogP contribution in [0.25, 0.3) is 27.4 Å². The quantitative estimate of drug-likeness (QED) is 0.0675. The summed E-state index contributed by atoms with van der Waals surface area (Å²) in [6.45, 7) is 17.5. The Morgan fingerprint density at radius 2 is 1.63 bits per heavy atom. The lowest BCUT2D eigenvalue weighted by molar-refractivity contribution is -0.141. The van der Waals surface area contributed by atoms with E-state index in [-0.39, 0.29) is 48.3 Å². The Morgan fingerprint density at radius 1 is 0.886 bits per heavy atom. The molecule has 2 amide bonds. The number of para-hydroxylation sites is 1. The number of nitrogen functional groups attached to an aromatic ring is 1. The summed E-state index contributed by atoms with van der Waals surface area (Å²) in [5, 5.41) is 41.9. The number of ether oxygens (including phenoxy) is 1. The molecule has 1 aliphatic carbocycles. The Morgan fingerprint density at radius 3 is 2.34 bits per heavy atom. The summed E-state index contributed by atoms with van der Waals surface area (Å²) in [4.78, 5) is 42.9. The number of anilines is 2. The molecule has 2 aromatic carbocycles. The predicted molar refractivity (Wildman–Crippen MR) is 305 cm³/mol. The molecule has 4 aliphatic heterocycles. The van der Waals surface area contributed by atoms with Crippen molar-refractivity contribution in [2.45, 2.75) is 141 Å². The number of β-amino-alcohol motifs (C(OH)–C–C–N with tert-alkyl or cyclic N) is 1. The lowest BCUT2D eigenvalue weighted by Gasteiger charge is -2.47. The van der Waals surface area contributed by atoms with Crippen molar-refractivity contribution < 1.29 is 29.1 Å². The number of hydrogen-bond donors (Lipinski definition) is 4. The van der Waals surface area contributed by atoms with Gasteiger partial charge in [0.25, 0.3) is 0 Å². The molecule has 79 heavy (non-hydrogen) atoms. The number of amides is 2. The number of nitrogens with one attached hydrogen (secondary N) is 1. The number of aryl methyl sites for hydroxylation is 1. The Kier molecular flexibility index (Phi) is 16.5. The molecule has 5 N–H and O–H groups in total. The fourth-order valence-electron chi connectivity index (χ4n) is 13.0. The van der Waals surface area contributed by atoms with E-state index in [9.17, 15) is 19.8 Å². The number of benzene rings is 2. The van der Waals surface area contributed by atoms with Gasteiger partial charge in [0.1, 0.15) is 23.4 Å². The smallest absolute Gasteiger partial charge is 0.243 e. The molecule has 4 saturated heterocycles. The summed E-state index contributed by atoms with van der Waals surface area (Å²) in [5.41, 5.74) is 14.1. The summed E-state index contributed by atoms with van der Waals surface area (Å²) < 4.78 is 14.5. The van der Waals surface area contributed by atoms with Gasteiger partial charge in [0.2, 0.25) is 11.8 Å².